The highest BCUT2D eigenvalue weighted by Crippen LogP contribution is 2.43. The second-order valence-corrected chi connectivity index (χ2v) is 11.9. The number of primary amides is 1. The number of amidine groups is 1. The third-order valence-electron chi connectivity index (χ3n) is 7.85. The van der Waals surface area contributed by atoms with Crippen molar-refractivity contribution in [3.8, 4) is 17.2 Å². The quantitative estimate of drug-likeness (QED) is 0.220. The molecule has 240 valence electrons. The van der Waals surface area contributed by atoms with Crippen LogP contribution in [0.25, 0.3) is 0 Å². The maximum absolute atomic E-state index is 15.3. The lowest BCUT2D eigenvalue weighted by molar-refractivity contribution is -0.137. The van der Waals surface area contributed by atoms with Crippen LogP contribution in [0.15, 0.2) is 18.2 Å². The van der Waals surface area contributed by atoms with Crippen molar-refractivity contribution >= 4 is 46.2 Å². The van der Waals surface area contributed by atoms with E-state index in [-0.39, 0.29) is 77.7 Å². The van der Waals surface area contributed by atoms with E-state index in [1.807, 2.05) is 25.7 Å². The molecule has 2 aliphatic rings. The van der Waals surface area contributed by atoms with Gasteiger partial charge in [-0.25, -0.2) is 4.39 Å². The Hall–Kier alpha value is -3.87. The highest BCUT2D eigenvalue weighted by molar-refractivity contribution is 8.93. The van der Waals surface area contributed by atoms with Crippen LogP contribution in [-0.2, 0) is 21.5 Å². The van der Waals surface area contributed by atoms with Crippen LogP contribution in [0, 0.1) is 17.1 Å². The molecule has 2 aromatic carbocycles. The Morgan fingerprint density at radius 2 is 1.84 bits per heavy atom. The van der Waals surface area contributed by atoms with Gasteiger partial charge in [-0.05, 0) is 42.0 Å². The van der Waals surface area contributed by atoms with Gasteiger partial charge in [-0.2, -0.15) is 0 Å². The number of nitrogens with two attached hydrogens (primary N) is 1. The molecule has 0 aromatic heterocycles. The van der Waals surface area contributed by atoms with E-state index in [1.54, 1.807) is 18.2 Å². The van der Waals surface area contributed by atoms with Gasteiger partial charge in [0, 0.05) is 37.2 Å². The fourth-order valence-corrected chi connectivity index (χ4v) is 5.55. The van der Waals surface area contributed by atoms with Crippen LogP contribution in [0.2, 0.25) is 0 Å². The minimum absolute atomic E-state index is 0. The number of carboxylic acids is 1. The molecule has 44 heavy (non-hydrogen) atoms. The normalized spacial score (nSPS) is 16.0. The second-order valence-electron chi connectivity index (χ2n) is 11.9. The molecule has 1 unspecified atom stereocenters. The minimum Gasteiger partial charge on any atom is -0.493 e. The number of benzene rings is 2. The number of ketones is 1. The number of amides is 1. The van der Waals surface area contributed by atoms with E-state index in [4.69, 9.17) is 30.5 Å². The number of hydrogen-bond donors (Lipinski definition) is 3. The van der Waals surface area contributed by atoms with Gasteiger partial charge >= 0.3 is 5.97 Å². The number of nitrogens with zero attached hydrogens (tertiary/aromatic N) is 2. The molecule has 1 fully saturated rings. The molecular weight excluding hydrogens is 639 g/mol. The number of fused-ring (bicyclic) bond motifs is 1. The Bertz CT molecular complexity index is 1460. The van der Waals surface area contributed by atoms with Gasteiger partial charge in [0.1, 0.15) is 11.6 Å². The van der Waals surface area contributed by atoms with Crippen LogP contribution in [0.3, 0.4) is 0 Å². The number of carbonyl (C=O) groups is 3. The van der Waals surface area contributed by atoms with Crippen LogP contribution in [0.1, 0.15) is 67.1 Å². The van der Waals surface area contributed by atoms with E-state index in [1.165, 1.54) is 19.1 Å². The van der Waals surface area contributed by atoms with Crippen molar-refractivity contribution < 1.29 is 38.1 Å². The Morgan fingerprint density at radius 1 is 1.14 bits per heavy atom. The SMILES string of the molecule is Br.COc1cc2c(c(F)c1OC)C(=N)N(CC(=O)c1cc(N3CCC(C(N)=O)C3)c(OCCCC(=O)O)c(C(C)(C)C)c1)C2. The molecule has 0 spiro atoms. The summed E-state index contributed by atoms with van der Waals surface area (Å²) in [7, 11) is 2.73. The van der Waals surface area contributed by atoms with Crippen molar-refractivity contribution in [2.75, 3.05) is 45.4 Å². The number of carbonyl (C=O) groups excluding carboxylic acids is 2. The topological polar surface area (TPSA) is 155 Å². The van der Waals surface area contributed by atoms with E-state index >= 15 is 4.39 Å². The van der Waals surface area contributed by atoms with Crippen LogP contribution < -0.4 is 24.8 Å². The molecule has 1 saturated heterocycles. The first kappa shape index (κ1) is 34.6. The summed E-state index contributed by atoms with van der Waals surface area (Å²) in [5.41, 5.74) is 7.45. The summed E-state index contributed by atoms with van der Waals surface area (Å²) >= 11 is 0. The highest BCUT2D eigenvalue weighted by atomic mass is 79.9. The Kier molecular flexibility index (Phi) is 10.9. The molecule has 2 heterocycles. The zero-order valence-corrected chi connectivity index (χ0v) is 27.3. The number of nitrogens with one attached hydrogen (secondary N) is 1. The van der Waals surface area contributed by atoms with Crippen molar-refractivity contribution in [1.82, 2.24) is 4.90 Å². The van der Waals surface area contributed by atoms with Gasteiger partial charge in [0.25, 0.3) is 0 Å². The first-order valence-corrected chi connectivity index (χ1v) is 14.1. The van der Waals surface area contributed by atoms with Gasteiger partial charge in [0.15, 0.2) is 23.1 Å². The Labute approximate surface area is 266 Å². The van der Waals surface area contributed by atoms with E-state index in [9.17, 15) is 14.4 Å². The van der Waals surface area contributed by atoms with Gasteiger partial charge in [-0.1, -0.05) is 20.8 Å². The average molecular weight is 680 g/mol. The number of hydrogen-bond acceptors (Lipinski definition) is 8. The molecule has 0 radical (unpaired) electrons. The lowest BCUT2D eigenvalue weighted by Crippen LogP contribution is -2.31. The molecule has 1 amide bonds. The minimum atomic E-state index is -0.920. The predicted octanol–water partition coefficient (Wildman–Crippen LogP) is 4.30. The standard InChI is InChI=1S/C31H39FN4O7.BrH/c1-31(2,3)20-11-18(12-21(27(20)43-10-6-7-24(38)39)35-9-8-17(14-35)30(34)40)22(37)16-36-15-19-13-23(41-4)28(42-5)26(32)25(19)29(36)33;/h11-13,17,33H,6-10,14-16H2,1-5H3,(H2,34,40)(H,38,39);1H. The maximum atomic E-state index is 15.3. The molecule has 0 bridgehead atoms. The zero-order valence-electron chi connectivity index (χ0n) is 25.6. The van der Waals surface area contributed by atoms with Crippen molar-refractivity contribution in [2.45, 2.75) is 52.0 Å². The van der Waals surface area contributed by atoms with Crippen LogP contribution in [-0.4, -0.2) is 74.0 Å². The summed E-state index contributed by atoms with van der Waals surface area (Å²) in [6.45, 7) is 6.96. The Balaban J connectivity index is 0.00000529. The van der Waals surface area contributed by atoms with Gasteiger partial charge < -0.3 is 34.9 Å². The number of carboxylic acid groups (broad SMARTS) is 1. The summed E-state index contributed by atoms with van der Waals surface area (Å²) in [6.07, 6.45) is 0.804. The van der Waals surface area contributed by atoms with Crippen molar-refractivity contribution in [1.29, 1.82) is 5.41 Å². The summed E-state index contributed by atoms with van der Waals surface area (Å²) < 4.78 is 31.9. The number of aliphatic carboxylic acids is 1. The van der Waals surface area contributed by atoms with Crippen molar-refractivity contribution in [2.24, 2.45) is 11.7 Å². The average Bonchev–Trinajstić information content (AvgIpc) is 3.55. The predicted molar refractivity (Wildman–Crippen MR) is 168 cm³/mol. The number of halogens is 2. The van der Waals surface area contributed by atoms with Crippen molar-refractivity contribution in [3.63, 3.8) is 0 Å². The van der Waals surface area contributed by atoms with Crippen LogP contribution in [0.4, 0.5) is 10.1 Å². The first-order valence-electron chi connectivity index (χ1n) is 14.1. The smallest absolute Gasteiger partial charge is 0.303 e. The third-order valence-corrected chi connectivity index (χ3v) is 7.85. The zero-order chi connectivity index (χ0) is 31.6. The van der Waals surface area contributed by atoms with E-state index in [0.717, 1.165) is 5.56 Å². The lowest BCUT2D eigenvalue weighted by atomic mass is 9.84. The molecular formula is C31H40BrFN4O7. The van der Waals surface area contributed by atoms with Crippen molar-refractivity contribution in [3.05, 3.63) is 46.3 Å². The molecule has 11 nitrogen and oxygen atoms in total. The first-order chi connectivity index (χ1) is 20.3. The van der Waals surface area contributed by atoms with Gasteiger partial charge in [0.2, 0.25) is 5.91 Å². The van der Waals surface area contributed by atoms with E-state index in [0.29, 0.717) is 48.5 Å². The molecule has 0 saturated carbocycles. The summed E-state index contributed by atoms with van der Waals surface area (Å²) in [4.78, 5) is 40.3. The highest BCUT2D eigenvalue weighted by Gasteiger charge is 2.35. The molecule has 1 atom stereocenters. The number of Topliss-reactive ketones (excluding diaryl/α,β-unsaturated/α-hetero) is 1. The molecule has 13 heteroatoms. The third kappa shape index (κ3) is 7.09. The molecule has 2 aromatic rings. The number of ether oxygens (including phenoxy) is 3. The van der Waals surface area contributed by atoms with Gasteiger partial charge in [-0.15, -0.1) is 17.0 Å². The largest absolute Gasteiger partial charge is 0.493 e. The molecule has 4 rings (SSSR count). The number of anilines is 1. The fraction of sp³-hybridized carbons (Fsp3) is 0.484. The number of rotatable bonds is 12. The van der Waals surface area contributed by atoms with Crippen LogP contribution in [0.5, 0.6) is 17.2 Å². The lowest BCUT2D eigenvalue weighted by Gasteiger charge is -2.30. The molecule has 0 aliphatic carbocycles. The summed E-state index contributed by atoms with van der Waals surface area (Å²) in [5.74, 6) is -2.16. The second kappa shape index (κ2) is 13.8. The molecule has 4 N–H and O–H groups in total. The summed E-state index contributed by atoms with van der Waals surface area (Å²) in [6, 6.07) is 5.09. The molecule has 2 aliphatic heterocycles. The fourth-order valence-electron chi connectivity index (χ4n) is 5.55. The summed E-state index contributed by atoms with van der Waals surface area (Å²) in [5, 5.41) is 17.7. The Morgan fingerprint density at radius 3 is 2.41 bits per heavy atom. The number of methoxy groups -OCH3 is 2. The van der Waals surface area contributed by atoms with Crippen LogP contribution >= 0.6 is 17.0 Å². The monoisotopic (exact) mass is 678 g/mol. The van der Waals surface area contributed by atoms with Gasteiger partial charge in [0.05, 0.1) is 44.5 Å². The van der Waals surface area contributed by atoms with E-state index < -0.39 is 23.1 Å². The maximum Gasteiger partial charge on any atom is 0.303 e. The van der Waals surface area contributed by atoms with Gasteiger partial charge in [-0.3, -0.25) is 19.8 Å². The van der Waals surface area contributed by atoms with E-state index in [2.05, 4.69) is 0 Å².